The van der Waals surface area contributed by atoms with Crippen molar-refractivity contribution < 1.29 is 9.53 Å². The lowest BCUT2D eigenvalue weighted by molar-refractivity contribution is 0.0558. The van der Waals surface area contributed by atoms with Crippen LogP contribution in [0.15, 0.2) is 30.8 Å². The summed E-state index contributed by atoms with van der Waals surface area (Å²) in [5.41, 5.74) is 2.26. The number of aryl methyl sites for hydroxylation is 1. The Kier molecular flexibility index (Phi) is 5.81. The number of unbranched alkanes of at least 4 members (excludes halogenated alkanes) is 1. The van der Waals surface area contributed by atoms with E-state index in [0.717, 1.165) is 12.0 Å². The molecule has 1 rings (SSSR count). The summed E-state index contributed by atoms with van der Waals surface area (Å²) in [5.74, 6) is 0. The Morgan fingerprint density at radius 1 is 1.25 bits per heavy atom. The summed E-state index contributed by atoms with van der Waals surface area (Å²) >= 11 is 0. The molecule has 110 valence electrons. The minimum absolute atomic E-state index is 0.474. The Hall–Kier alpha value is -1.77. The van der Waals surface area contributed by atoms with E-state index in [2.05, 4.69) is 31.0 Å². The smallest absolute Gasteiger partial charge is 0.412 e. The summed E-state index contributed by atoms with van der Waals surface area (Å²) in [6, 6.07) is 8.11. The minimum Gasteiger partial charge on any atom is -0.444 e. The number of carbonyl (C=O) groups is 1. The van der Waals surface area contributed by atoms with Gasteiger partial charge in [0.05, 0.1) is 0 Å². The average molecular weight is 275 g/mol. The van der Waals surface area contributed by atoms with Crippen LogP contribution in [0.3, 0.4) is 0 Å². The predicted octanol–water partition coefficient (Wildman–Crippen LogP) is 4.52. The standard InChI is InChI=1S/C17H25NO2/c1-6-7-8-14-9-11-15(12-10-14)13(2)18-16(19)20-17(3,4)5/h9-12H,2,6-8H2,1,3-5H3,(H,18,19). The molecule has 1 aromatic carbocycles. The van der Waals surface area contributed by atoms with Crippen LogP contribution < -0.4 is 5.32 Å². The molecule has 0 saturated carbocycles. The SMILES string of the molecule is C=C(NC(=O)OC(C)(C)C)c1ccc(CCCC)cc1. The van der Waals surface area contributed by atoms with Crippen molar-refractivity contribution in [2.24, 2.45) is 0 Å². The first-order chi connectivity index (χ1) is 9.31. The number of alkyl carbamates (subject to hydrolysis) is 1. The van der Waals surface area contributed by atoms with E-state index in [1.165, 1.54) is 18.4 Å². The van der Waals surface area contributed by atoms with Crippen molar-refractivity contribution in [3.05, 3.63) is 42.0 Å². The van der Waals surface area contributed by atoms with Gasteiger partial charge in [-0.3, -0.25) is 5.32 Å². The van der Waals surface area contributed by atoms with Crippen molar-refractivity contribution in [2.75, 3.05) is 0 Å². The Morgan fingerprint density at radius 3 is 2.35 bits per heavy atom. The molecule has 0 spiro atoms. The molecule has 3 nitrogen and oxygen atoms in total. The molecule has 0 fully saturated rings. The zero-order valence-corrected chi connectivity index (χ0v) is 13.0. The molecule has 0 bridgehead atoms. The van der Waals surface area contributed by atoms with E-state index in [4.69, 9.17) is 4.74 Å². The number of nitrogens with one attached hydrogen (secondary N) is 1. The van der Waals surface area contributed by atoms with E-state index < -0.39 is 11.7 Å². The van der Waals surface area contributed by atoms with Crippen molar-refractivity contribution in [1.82, 2.24) is 5.32 Å². The number of ether oxygens (including phenoxy) is 1. The largest absolute Gasteiger partial charge is 0.444 e. The number of amides is 1. The van der Waals surface area contributed by atoms with E-state index in [1.54, 1.807) is 0 Å². The second kappa shape index (κ2) is 7.13. The number of hydrogen-bond donors (Lipinski definition) is 1. The molecule has 0 aromatic heterocycles. The monoisotopic (exact) mass is 275 g/mol. The lowest BCUT2D eigenvalue weighted by Crippen LogP contribution is -2.31. The van der Waals surface area contributed by atoms with Crippen LogP contribution in [0.4, 0.5) is 4.79 Å². The number of hydrogen-bond acceptors (Lipinski definition) is 2. The summed E-state index contributed by atoms with van der Waals surface area (Å²) in [5, 5.41) is 2.66. The van der Waals surface area contributed by atoms with Gasteiger partial charge in [-0.2, -0.15) is 0 Å². The molecule has 1 aromatic rings. The maximum Gasteiger partial charge on any atom is 0.412 e. The minimum atomic E-state index is -0.506. The van der Waals surface area contributed by atoms with E-state index in [-0.39, 0.29) is 0 Å². The van der Waals surface area contributed by atoms with Crippen LogP contribution in [0.2, 0.25) is 0 Å². The molecule has 1 N–H and O–H groups in total. The number of carbonyl (C=O) groups excluding carboxylic acids is 1. The molecular formula is C17H25NO2. The second-order valence-corrected chi connectivity index (χ2v) is 5.91. The van der Waals surface area contributed by atoms with Crippen molar-refractivity contribution in [1.29, 1.82) is 0 Å². The van der Waals surface area contributed by atoms with Crippen molar-refractivity contribution >= 4 is 11.8 Å². The van der Waals surface area contributed by atoms with Crippen LogP contribution in [0.25, 0.3) is 5.70 Å². The van der Waals surface area contributed by atoms with Crippen LogP contribution in [0.5, 0.6) is 0 Å². The predicted molar refractivity (Wildman–Crippen MR) is 83.5 cm³/mol. The zero-order valence-electron chi connectivity index (χ0n) is 13.0. The summed E-state index contributed by atoms with van der Waals surface area (Å²) in [6.45, 7) is 11.5. The van der Waals surface area contributed by atoms with E-state index >= 15 is 0 Å². The topological polar surface area (TPSA) is 38.3 Å². The molecule has 20 heavy (non-hydrogen) atoms. The molecule has 0 aliphatic heterocycles. The van der Waals surface area contributed by atoms with Crippen molar-refractivity contribution in [3.63, 3.8) is 0 Å². The second-order valence-electron chi connectivity index (χ2n) is 5.91. The van der Waals surface area contributed by atoms with Gasteiger partial charge in [0.25, 0.3) is 0 Å². The van der Waals surface area contributed by atoms with Gasteiger partial charge in [-0.25, -0.2) is 4.79 Å². The lowest BCUT2D eigenvalue weighted by atomic mass is 10.1. The molecule has 0 saturated heterocycles. The number of rotatable bonds is 5. The molecular weight excluding hydrogens is 250 g/mol. The molecule has 0 heterocycles. The van der Waals surface area contributed by atoms with Gasteiger partial charge >= 0.3 is 6.09 Å². The average Bonchev–Trinajstić information content (AvgIpc) is 2.34. The first-order valence-corrected chi connectivity index (χ1v) is 7.10. The fraction of sp³-hybridized carbons (Fsp3) is 0.471. The summed E-state index contributed by atoms with van der Waals surface area (Å²) < 4.78 is 5.20. The summed E-state index contributed by atoms with van der Waals surface area (Å²) in [4.78, 5) is 11.7. The van der Waals surface area contributed by atoms with Gasteiger partial charge in [0.2, 0.25) is 0 Å². The van der Waals surface area contributed by atoms with Crippen molar-refractivity contribution in [2.45, 2.75) is 52.6 Å². The van der Waals surface area contributed by atoms with Gasteiger partial charge in [0.15, 0.2) is 0 Å². The van der Waals surface area contributed by atoms with Crippen LogP contribution in [-0.4, -0.2) is 11.7 Å². The molecule has 0 radical (unpaired) electrons. The molecule has 1 amide bonds. The molecule has 0 aliphatic rings. The fourth-order valence-corrected chi connectivity index (χ4v) is 1.75. The quantitative estimate of drug-likeness (QED) is 0.857. The van der Waals surface area contributed by atoms with Gasteiger partial charge < -0.3 is 4.74 Å². The molecule has 3 heteroatoms. The van der Waals surface area contributed by atoms with Crippen LogP contribution >= 0.6 is 0 Å². The van der Waals surface area contributed by atoms with Gasteiger partial charge in [-0.05, 0) is 44.7 Å². The Labute approximate surface area is 122 Å². The van der Waals surface area contributed by atoms with E-state index in [9.17, 15) is 4.79 Å². The Balaban J connectivity index is 2.57. The van der Waals surface area contributed by atoms with Crippen molar-refractivity contribution in [3.8, 4) is 0 Å². The third-order valence-electron chi connectivity index (χ3n) is 2.77. The maximum atomic E-state index is 11.7. The first-order valence-electron chi connectivity index (χ1n) is 7.10. The highest BCUT2D eigenvalue weighted by molar-refractivity contribution is 5.81. The zero-order chi connectivity index (χ0) is 15.2. The Bertz CT molecular complexity index is 455. The normalized spacial score (nSPS) is 11.0. The van der Waals surface area contributed by atoms with Gasteiger partial charge in [-0.1, -0.05) is 44.2 Å². The van der Waals surface area contributed by atoms with E-state index in [0.29, 0.717) is 5.70 Å². The summed E-state index contributed by atoms with van der Waals surface area (Å²) in [6.07, 6.45) is 2.99. The van der Waals surface area contributed by atoms with E-state index in [1.807, 2.05) is 32.9 Å². The highest BCUT2D eigenvalue weighted by Gasteiger charge is 2.16. The van der Waals surface area contributed by atoms with Crippen LogP contribution in [0, 0.1) is 0 Å². The maximum absolute atomic E-state index is 11.7. The first kappa shape index (κ1) is 16.3. The number of benzene rings is 1. The van der Waals surface area contributed by atoms with Gasteiger partial charge in [0.1, 0.15) is 5.60 Å². The third-order valence-corrected chi connectivity index (χ3v) is 2.77. The molecule has 0 atom stereocenters. The van der Waals surface area contributed by atoms with Gasteiger partial charge in [0, 0.05) is 5.70 Å². The highest BCUT2D eigenvalue weighted by atomic mass is 16.6. The fourth-order valence-electron chi connectivity index (χ4n) is 1.75. The van der Waals surface area contributed by atoms with Crippen LogP contribution in [-0.2, 0) is 11.2 Å². The summed E-state index contributed by atoms with van der Waals surface area (Å²) in [7, 11) is 0. The molecule has 0 unspecified atom stereocenters. The third kappa shape index (κ3) is 5.91. The highest BCUT2D eigenvalue weighted by Crippen LogP contribution is 2.14. The van der Waals surface area contributed by atoms with Gasteiger partial charge in [-0.15, -0.1) is 0 Å². The molecule has 0 aliphatic carbocycles. The lowest BCUT2D eigenvalue weighted by Gasteiger charge is -2.20. The van der Waals surface area contributed by atoms with Crippen LogP contribution in [0.1, 0.15) is 51.7 Å². The Morgan fingerprint density at radius 2 is 1.85 bits per heavy atom.